The first-order chi connectivity index (χ1) is 13.7. The summed E-state index contributed by atoms with van der Waals surface area (Å²) in [6.07, 6.45) is 5.02. The molecule has 0 radical (unpaired) electrons. The van der Waals surface area contributed by atoms with Crippen LogP contribution in [0.15, 0.2) is 23.7 Å². The van der Waals surface area contributed by atoms with Crippen molar-refractivity contribution in [1.29, 1.82) is 0 Å². The molecule has 6 heteroatoms. The minimum atomic E-state index is 0.116. The predicted molar refractivity (Wildman–Crippen MR) is 114 cm³/mol. The first-order valence-electron chi connectivity index (χ1n) is 10.4. The maximum Gasteiger partial charge on any atom is 0.252 e. The molecule has 0 aliphatic carbocycles. The van der Waals surface area contributed by atoms with Gasteiger partial charge in [0.05, 0.1) is 11.3 Å². The van der Waals surface area contributed by atoms with Crippen LogP contribution in [0, 0.1) is 0 Å². The smallest absolute Gasteiger partial charge is 0.252 e. The zero-order chi connectivity index (χ0) is 19.5. The van der Waals surface area contributed by atoms with Gasteiger partial charge in [0.2, 0.25) is 0 Å². The number of nitrogens with zero attached hydrogens (tertiary/aromatic N) is 3. The number of hydrogen-bond acceptors (Lipinski definition) is 5. The number of pyridine rings is 1. The zero-order valence-corrected chi connectivity index (χ0v) is 17.7. The Balaban J connectivity index is 1.36. The van der Waals surface area contributed by atoms with Crippen molar-refractivity contribution in [2.75, 3.05) is 26.2 Å². The highest BCUT2D eigenvalue weighted by Gasteiger charge is 2.27. The molecular weight excluding hydrogens is 368 g/mol. The van der Waals surface area contributed by atoms with E-state index in [1.165, 1.54) is 16.0 Å². The SMILES string of the molecule is CCc1ccc(CN2CCc3c(C(=O)NC4CCN(CC)C4)csc3C2)nc1. The van der Waals surface area contributed by atoms with Crippen LogP contribution in [0.2, 0.25) is 0 Å². The lowest BCUT2D eigenvalue weighted by Gasteiger charge is -2.27. The molecule has 0 aromatic carbocycles. The summed E-state index contributed by atoms with van der Waals surface area (Å²) in [4.78, 5) is 23.6. The molecule has 28 heavy (non-hydrogen) atoms. The van der Waals surface area contributed by atoms with Gasteiger partial charge in [-0.15, -0.1) is 11.3 Å². The van der Waals surface area contributed by atoms with E-state index in [1.54, 1.807) is 11.3 Å². The van der Waals surface area contributed by atoms with Crippen LogP contribution in [0.3, 0.4) is 0 Å². The Bertz CT molecular complexity index is 816. The Labute approximate surface area is 171 Å². The summed E-state index contributed by atoms with van der Waals surface area (Å²) in [6.45, 7) is 10.2. The van der Waals surface area contributed by atoms with Crippen LogP contribution in [0.1, 0.15) is 52.3 Å². The number of carbonyl (C=O) groups excluding carboxylic acids is 1. The van der Waals surface area contributed by atoms with Crippen LogP contribution in [0.4, 0.5) is 0 Å². The molecule has 1 atom stereocenters. The van der Waals surface area contributed by atoms with Crippen molar-refractivity contribution >= 4 is 17.2 Å². The third-order valence-electron chi connectivity index (χ3n) is 6.01. The van der Waals surface area contributed by atoms with Crippen molar-refractivity contribution in [3.63, 3.8) is 0 Å². The number of fused-ring (bicyclic) bond motifs is 1. The second-order valence-corrected chi connectivity index (χ2v) is 8.84. The van der Waals surface area contributed by atoms with Gasteiger partial charge in [-0.1, -0.05) is 19.9 Å². The molecule has 2 aromatic rings. The Morgan fingerprint density at radius 1 is 1.29 bits per heavy atom. The molecule has 1 N–H and O–H groups in total. The summed E-state index contributed by atoms with van der Waals surface area (Å²) in [5.74, 6) is 0.116. The number of likely N-dealkylation sites (tertiary alicyclic amines) is 1. The van der Waals surface area contributed by atoms with Gasteiger partial charge in [-0.3, -0.25) is 14.7 Å². The van der Waals surface area contributed by atoms with Gasteiger partial charge < -0.3 is 10.2 Å². The third-order valence-corrected chi connectivity index (χ3v) is 7.02. The van der Waals surface area contributed by atoms with E-state index in [9.17, 15) is 4.79 Å². The summed E-state index contributed by atoms with van der Waals surface area (Å²) >= 11 is 1.73. The first kappa shape index (κ1) is 19.6. The minimum Gasteiger partial charge on any atom is -0.348 e. The zero-order valence-electron chi connectivity index (χ0n) is 16.9. The fraction of sp³-hybridized carbons (Fsp3) is 0.545. The normalized spacial score (nSPS) is 20.3. The largest absolute Gasteiger partial charge is 0.348 e. The first-order valence-corrected chi connectivity index (χ1v) is 11.3. The molecule has 1 fully saturated rings. The minimum absolute atomic E-state index is 0.116. The lowest BCUT2D eigenvalue weighted by Crippen LogP contribution is -2.38. The van der Waals surface area contributed by atoms with Crippen LogP contribution in [-0.4, -0.2) is 52.9 Å². The Kier molecular flexibility index (Phi) is 6.09. The van der Waals surface area contributed by atoms with Crippen LogP contribution >= 0.6 is 11.3 Å². The number of rotatable bonds is 6. The van der Waals surface area contributed by atoms with E-state index in [1.807, 2.05) is 6.20 Å². The van der Waals surface area contributed by atoms with Crippen molar-refractivity contribution in [3.05, 3.63) is 51.0 Å². The van der Waals surface area contributed by atoms with E-state index in [0.717, 1.165) is 69.8 Å². The number of nitrogens with one attached hydrogen (secondary N) is 1. The number of amides is 1. The van der Waals surface area contributed by atoms with Crippen LogP contribution < -0.4 is 5.32 Å². The van der Waals surface area contributed by atoms with Gasteiger partial charge >= 0.3 is 0 Å². The highest BCUT2D eigenvalue weighted by Crippen LogP contribution is 2.29. The van der Waals surface area contributed by atoms with Crippen molar-refractivity contribution < 1.29 is 4.79 Å². The molecule has 1 amide bonds. The average Bonchev–Trinajstić information content (AvgIpc) is 3.35. The Hall–Kier alpha value is -1.76. The van der Waals surface area contributed by atoms with E-state index in [2.05, 4.69) is 51.5 Å². The molecule has 1 unspecified atom stereocenters. The standard InChI is InChI=1S/C22H30N4OS/c1-3-16-5-6-17(23-11-16)12-26-10-8-19-20(15-28-21(19)14-26)22(27)24-18-7-9-25(4-2)13-18/h5-6,11,15,18H,3-4,7-10,12-14H2,1-2H3,(H,24,27). The van der Waals surface area contributed by atoms with E-state index >= 15 is 0 Å². The van der Waals surface area contributed by atoms with Gasteiger partial charge in [0, 0.05) is 55.2 Å². The highest BCUT2D eigenvalue weighted by atomic mass is 32.1. The van der Waals surface area contributed by atoms with E-state index in [0.29, 0.717) is 6.04 Å². The van der Waals surface area contributed by atoms with Gasteiger partial charge in [0.15, 0.2) is 0 Å². The fourth-order valence-electron chi connectivity index (χ4n) is 4.19. The molecule has 0 bridgehead atoms. The lowest BCUT2D eigenvalue weighted by molar-refractivity contribution is 0.0936. The quantitative estimate of drug-likeness (QED) is 0.812. The summed E-state index contributed by atoms with van der Waals surface area (Å²) < 4.78 is 0. The van der Waals surface area contributed by atoms with Gasteiger partial charge in [-0.05, 0) is 43.0 Å². The van der Waals surface area contributed by atoms with Crippen molar-refractivity contribution in [2.45, 2.75) is 52.2 Å². The van der Waals surface area contributed by atoms with Gasteiger partial charge in [-0.2, -0.15) is 0 Å². The molecule has 2 aliphatic rings. The van der Waals surface area contributed by atoms with Crippen molar-refractivity contribution in [2.24, 2.45) is 0 Å². The molecule has 5 nitrogen and oxygen atoms in total. The maximum absolute atomic E-state index is 12.8. The highest BCUT2D eigenvalue weighted by molar-refractivity contribution is 7.10. The van der Waals surface area contributed by atoms with E-state index in [4.69, 9.17) is 0 Å². The van der Waals surface area contributed by atoms with Gasteiger partial charge in [0.25, 0.3) is 5.91 Å². The predicted octanol–water partition coefficient (Wildman–Crippen LogP) is 3.09. The number of hydrogen-bond donors (Lipinski definition) is 1. The molecule has 4 rings (SSSR count). The van der Waals surface area contributed by atoms with Gasteiger partial charge in [0.1, 0.15) is 0 Å². The molecule has 0 saturated carbocycles. The summed E-state index contributed by atoms with van der Waals surface area (Å²) in [5.41, 5.74) is 4.57. The fourth-order valence-corrected chi connectivity index (χ4v) is 5.32. The molecule has 4 heterocycles. The number of aryl methyl sites for hydroxylation is 1. The molecular formula is C22H30N4OS. The molecule has 0 spiro atoms. The average molecular weight is 399 g/mol. The lowest BCUT2D eigenvalue weighted by atomic mass is 10.0. The number of thiophene rings is 1. The second kappa shape index (κ2) is 8.72. The van der Waals surface area contributed by atoms with Crippen LogP contribution in [0.25, 0.3) is 0 Å². The topological polar surface area (TPSA) is 48.5 Å². The van der Waals surface area contributed by atoms with Crippen LogP contribution in [0.5, 0.6) is 0 Å². The van der Waals surface area contributed by atoms with Crippen molar-refractivity contribution in [3.8, 4) is 0 Å². The van der Waals surface area contributed by atoms with Crippen LogP contribution in [-0.2, 0) is 25.9 Å². The Morgan fingerprint density at radius 3 is 2.89 bits per heavy atom. The summed E-state index contributed by atoms with van der Waals surface area (Å²) in [7, 11) is 0. The summed E-state index contributed by atoms with van der Waals surface area (Å²) in [5, 5.41) is 5.32. The molecule has 2 aromatic heterocycles. The van der Waals surface area contributed by atoms with Crippen molar-refractivity contribution in [1.82, 2.24) is 20.1 Å². The molecule has 2 aliphatic heterocycles. The third kappa shape index (κ3) is 4.29. The molecule has 150 valence electrons. The molecule has 1 saturated heterocycles. The second-order valence-electron chi connectivity index (χ2n) is 7.88. The van der Waals surface area contributed by atoms with Gasteiger partial charge in [-0.25, -0.2) is 0 Å². The summed E-state index contributed by atoms with van der Waals surface area (Å²) in [6, 6.07) is 4.61. The Morgan fingerprint density at radius 2 is 2.18 bits per heavy atom. The van der Waals surface area contributed by atoms with E-state index < -0.39 is 0 Å². The number of carbonyl (C=O) groups is 1. The maximum atomic E-state index is 12.8. The number of aromatic nitrogens is 1. The van der Waals surface area contributed by atoms with E-state index in [-0.39, 0.29) is 5.91 Å². The monoisotopic (exact) mass is 398 g/mol. The number of likely N-dealkylation sites (N-methyl/N-ethyl adjacent to an activating group) is 1.